The van der Waals surface area contributed by atoms with Gasteiger partial charge in [0.05, 0.1) is 0 Å². The predicted octanol–water partition coefficient (Wildman–Crippen LogP) is 3.49. The lowest BCUT2D eigenvalue weighted by Crippen LogP contribution is -2.36. The molecule has 1 N–H and O–H groups in total. The van der Waals surface area contributed by atoms with Gasteiger partial charge in [0.25, 0.3) is 0 Å². The van der Waals surface area contributed by atoms with Gasteiger partial charge >= 0.3 is 0 Å². The third-order valence-electron chi connectivity index (χ3n) is 1.79. The SMILES string of the molecule is C=C(C)CC(C)C(=C)NC(C)(C)C. The molecule has 0 aliphatic rings. The van der Waals surface area contributed by atoms with Gasteiger partial charge in [0, 0.05) is 11.2 Å². The fraction of sp³-hybridized carbons (Fsp3) is 0.667. The quantitative estimate of drug-likeness (QED) is 0.655. The maximum absolute atomic E-state index is 4.04. The minimum absolute atomic E-state index is 0.112. The molecule has 1 unspecified atom stereocenters. The van der Waals surface area contributed by atoms with Crippen molar-refractivity contribution < 1.29 is 0 Å². The van der Waals surface area contributed by atoms with Crippen LogP contribution in [0.2, 0.25) is 0 Å². The predicted molar refractivity (Wildman–Crippen MR) is 60.6 cm³/mol. The molecule has 0 amide bonds. The molecule has 0 spiro atoms. The van der Waals surface area contributed by atoms with Gasteiger partial charge in [-0.3, -0.25) is 0 Å². The highest BCUT2D eigenvalue weighted by Crippen LogP contribution is 2.17. The van der Waals surface area contributed by atoms with E-state index in [1.54, 1.807) is 0 Å². The first kappa shape index (κ1) is 12.3. The molecule has 0 fully saturated rings. The van der Waals surface area contributed by atoms with E-state index in [1.807, 2.05) is 0 Å². The summed E-state index contributed by atoms with van der Waals surface area (Å²) in [5.74, 6) is 0.469. The Bertz CT molecular complexity index is 196. The zero-order valence-corrected chi connectivity index (χ0v) is 9.70. The summed E-state index contributed by atoms with van der Waals surface area (Å²) < 4.78 is 0. The molecule has 76 valence electrons. The second kappa shape index (κ2) is 4.50. The van der Waals surface area contributed by atoms with Crippen molar-refractivity contribution in [3.05, 3.63) is 24.4 Å². The van der Waals surface area contributed by atoms with E-state index in [2.05, 4.69) is 53.1 Å². The highest BCUT2D eigenvalue weighted by atomic mass is 15.0. The molecule has 0 aromatic rings. The molecular weight excluding hydrogens is 158 g/mol. The standard InChI is InChI=1S/C12H23N/c1-9(2)8-10(3)11(4)13-12(5,6)7/h10,13H,1,4,8H2,2-3,5-7H3. The molecule has 1 nitrogen and oxygen atoms in total. The van der Waals surface area contributed by atoms with Crippen LogP contribution in [0.15, 0.2) is 24.4 Å². The maximum Gasteiger partial charge on any atom is 0.0286 e. The number of hydrogen-bond donors (Lipinski definition) is 1. The van der Waals surface area contributed by atoms with Gasteiger partial charge in [-0.15, -0.1) is 6.58 Å². The fourth-order valence-corrected chi connectivity index (χ4v) is 1.25. The summed E-state index contributed by atoms with van der Waals surface area (Å²) in [4.78, 5) is 0. The molecule has 0 aromatic carbocycles. The average molecular weight is 181 g/mol. The molecule has 0 rings (SSSR count). The van der Waals surface area contributed by atoms with Crippen LogP contribution in [0.25, 0.3) is 0 Å². The van der Waals surface area contributed by atoms with E-state index in [-0.39, 0.29) is 5.54 Å². The van der Waals surface area contributed by atoms with Crippen molar-refractivity contribution in [1.29, 1.82) is 0 Å². The van der Waals surface area contributed by atoms with Crippen LogP contribution in [0.3, 0.4) is 0 Å². The number of rotatable bonds is 4. The Hall–Kier alpha value is -0.720. The Morgan fingerprint density at radius 3 is 2.08 bits per heavy atom. The van der Waals surface area contributed by atoms with Crippen LogP contribution >= 0.6 is 0 Å². The van der Waals surface area contributed by atoms with Crippen molar-refractivity contribution in [2.75, 3.05) is 0 Å². The molecule has 1 atom stereocenters. The molecule has 0 bridgehead atoms. The maximum atomic E-state index is 4.04. The third-order valence-corrected chi connectivity index (χ3v) is 1.79. The highest BCUT2D eigenvalue weighted by Gasteiger charge is 2.13. The zero-order chi connectivity index (χ0) is 10.6. The molecular formula is C12H23N. The lowest BCUT2D eigenvalue weighted by Gasteiger charge is -2.27. The lowest BCUT2D eigenvalue weighted by atomic mass is 9.98. The minimum atomic E-state index is 0.112. The highest BCUT2D eigenvalue weighted by molar-refractivity contribution is 5.05. The molecule has 0 saturated carbocycles. The van der Waals surface area contributed by atoms with Gasteiger partial charge in [-0.2, -0.15) is 0 Å². The van der Waals surface area contributed by atoms with Crippen molar-refractivity contribution in [1.82, 2.24) is 5.32 Å². The van der Waals surface area contributed by atoms with E-state index in [4.69, 9.17) is 0 Å². The van der Waals surface area contributed by atoms with Crippen molar-refractivity contribution in [3.8, 4) is 0 Å². The molecule has 0 aromatic heterocycles. The van der Waals surface area contributed by atoms with Gasteiger partial charge in [-0.25, -0.2) is 0 Å². The van der Waals surface area contributed by atoms with E-state index in [1.165, 1.54) is 5.57 Å². The van der Waals surface area contributed by atoms with Crippen LogP contribution in [0.4, 0.5) is 0 Å². The van der Waals surface area contributed by atoms with Gasteiger partial charge in [-0.1, -0.05) is 19.1 Å². The Labute approximate surface area is 82.9 Å². The topological polar surface area (TPSA) is 12.0 Å². The van der Waals surface area contributed by atoms with E-state index in [9.17, 15) is 0 Å². The number of allylic oxidation sites excluding steroid dienone is 2. The summed E-state index contributed by atoms with van der Waals surface area (Å²) in [6.07, 6.45) is 1.02. The summed E-state index contributed by atoms with van der Waals surface area (Å²) in [6, 6.07) is 0. The van der Waals surface area contributed by atoms with Crippen LogP contribution in [-0.2, 0) is 0 Å². The molecule has 0 radical (unpaired) electrons. The van der Waals surface area contributed by atoms with Crippen LogP contribution in [0, 0.1) is 5.92 Å². The van der Waals surface area contributed by atoms with E-state index in [0.717, 1.165) is 12.1 Å². The Balaban J connectivity index is 4.05. The first-order valence-electron chi connectivity index (χ1n) is 4.83. The smallest absolute Gasteiger partial charge is 0.0286 e. The van der Waals surface area contributed by atoms with Crippen molar-refractivity contribution >= 4 is 0 Å². The minimum Gasteiger partial charge on any atom is -0.384 e. The second-order valence-corrected chi connectivity index (χ2v) is 4.96. The molecule has 0 saturated heterocycles. The number of nitrogens with one attached hydrogen (secondary N) is 1. The largest absolute Gasteiger partial charge is 0.384 e. The number of hydrogen-bond acceptors (Lipinski definition) is 1. The Morgan fingerprint density at radius 1 is 1.31 bits per heavy atom. The van der Waals surface area contributed by atoms with Gasteiger partial charge < -0.3 is 5.32 Å². The van der Waals surface area contributed by atoms with E-state index < -0.39 is 0 Å². The van der Waals surface area contributed by atoms with Gasteiger partial charge in [0.15, 0.2) is 0 Å². The van der Waals surface area contributed by atoms with E-state index >= 15 is 0 Å². The summed E-state index contributed by atoms with van der Waals surface area (Å²) in [5.41, 5.74) is 2.43. The summed E-state index contributed by atoms with van der Waals surface area (Å²) in [5, 5.41) is 3.39. The van der Waals surface area contributed by atoms with Crippen molar-refractivity contribution in [2.45, 2.75) is 46.6 Å². The van der Waals surface area contributed by atoms with Crippen LogP contribution in [0.5, 0.6) is 0 Å². The zero-order valence-electron chi connectivity index (χ0n) is 9.70. The summed E-state index contributed by atoms with van der Waals surface area (Å²) in [6.45, 7) is 18.6. The molecule has 1 heteroatoms. The van der Waals surface area contributed by atoms with Crippen LogP contribution in [0.1, 0.15) is 41.0 Å². The monoisotopic (exact) mass is 181 g/mol. The first-order chi connectivity index (χ1) is 5.72. The summed E-state index contributed by atoms with van der Waals surface area (Å²) >= 11 is 0. The summed E-state index contributed by atoms with van der Waals surface area (Å²) in [7, 11) is 0. The van der Waals surface area contributed by atoms with Gasteiger partial charge in [0.1, 0.15) is 0 Å². The second-order valence-electron chi connectivity index (χ2n) is 4.96. The lowest BCUT2D eigenvalue weighted by molar-refractivity contribution is 0.438. The van der Waals surface area contributed by atoms with Crippen molar-refractivity contribution in [2.24, 2.45) is 5.92 Å². The molecule has 0 aliphatic heterocycles. The van der Waals surface area contributed by atoms with E-state index in [0.29, 0.717) is 5.92 Å². The van der Waals surface area contributed by atoms with Crippen molar-refractivity contribution in [3.63, 3.8) is 0 Å². The molecule has 0 heterocycles. The Kier molecular flexibility index (Phi) is 4.25. The average Bonchev–Trinajstić information content (AvgIpc) is 1.81. The third kappa shape index (κ3) is 6.44. The first-order valence-corrected chi connectivity index (χ1v) is 4.83. The van der Waals surface area contributed by atoms with Crippen LogP contribution < -0.4 is 5.32 Å². The van der Waals surface area contributed by atoms with Crippen LogP contribution in [-0.4, -0.2) is 5.54 Å². The van der Waals surface area contributed by atoms with Gasteiger partial charge in [0.2, 0.25) is 0 Å². The molecule has 0 aliphatic carbocycles. The Morgan fingerprint density at radius 2 is 1.77 bits per heavy atom. The molecule has 13 heavy (non-hydrogen) atoms. The fourth-order valence-electron chi connectivity index (χ4n) is 1.25. The normalized spacial score (nSPS) is 13.6. The van der Waals surface area contributed by atoms with Gasteiger partial charge in [-0.05, 0) is 40.0 Å².